The molecule has 1 saturated carbocycles. The number of hydrogen-bond donors (Lipinski definition) is 6. The molecular formula is C57H70N6O9. The number of benzene rings is 3. The summed E-state index contributed by atoms with van der Waals surface area (Å²) < 4.78 is 18.1. The highest BCUT2D eigenvalue weighted by molar-refractivity contribution is 5.97. The quantitative estimate of drug-likeness (QED) is 0.0730. The van der Waals surface area contributed by atoms with Gasteiger partial charge in [-0.05, 0) is 99.7 Å². The first-order chi connectivity index (χ1) is 34.5. The molecule has 1 unspecified atom stereocenters. The van der Waals surface area contributed by atoms with Crippen LogP contribution in [-0.2, 0) is 47.5 Å². The van der Waals surface area contributed by atoms with Gasteiger partial charge in [0.1, 0.15) is 23.3 Å². The van der Waals surface area contributed by atoms with Crippen molar-refractivity contribution in [2.45, 2.75) is 118 Å². The molecule has 1 amide bonds. The largest absolute Gasteiger partial charge is 0.496 e. The van der Waals surface area contributed by atoms with E-state index in [4.69, 9.17) is 14.2 Å². The highest BCUT2D eigenvalue weighted by Gasteiger charge is 2.84. The van der Waals surface area contributed by atoms with Gasteiger partial charge in [0, 0.05) is 108 Å². The molecule has 3 fully saturated rings. The van der Waals surface area contributed by atoms with Crippen LogP contribution in [-0.4, -0.2) is 148 Å². The number of likely N-dealkylation sites (N-methyl/N-ethyl adjacent to an activating group) is 1. The Labute approximate surface area is 420 Å². The van der Waals surface area contributed by atoms with E-state index >= 15 is 9.59 Å². The van der Waals surface area contributed by atoms with Gasteiger partial charge in [0.2, 0.25) is 0 Å². The second-order valence-electron chi connectivity index (χ2n) is 22.0. The third-order valence-electron chi connectivity index (χ3n) is 19.1. The zero-order valence-corrected chi connectivity index (χ0v) is 42.6. The standard InChI is InChI=1S/C57H70N6O9/c1-8-53(68)29-34-30-55(51(67)71-7,46-38(20-24-62(32-34)33-53)37-17-12-14-19-42(37)59-46)40-27-39-44(28-45(40)70-6)61(5)52(4)56(39)22-25-63-23-15-21-54(9-2,48(56)63)49(65)57(52,69)50(66)60-43(47(64)72-10-3)26-35-31-58-41-18-13-11-16-36(35)41/h11-19,21,27-28,31,34,43,48-49,58-59,65,68-69H,8-10,20,22-26,29-30,32-33H2,1-7H3,(H,60,66)/t34-,43+,48-,49+,52+,53-,54+,55-,56+,57-/m0/s1. The van der Waals surface area contributed by atoms with Gasteiger partial charge in [-0.1, -0.05) is 62.4 Å². The van der Waals surface area contributed by atoms with Gasteiger partial charge in [-0.25, -0.2) is 4.79 Å². The SMILES string of the molecule is CCOC(=O)[C@@H](Cc1c[nH]c2ccccc12)NC(=O)[C@@]1(O)[C@H](O)[C@]2(CC)C=CCN3CC[C@@]4(c5cc([C@@]6(C(=O)OC)C[C@H]7CN(CCc8c6[nH]c6ccccc86)C[C@](O)(CC)C7)c(OC)cc5N(C)[C@@]14C)[C@@H]32. The Morgan fingerprint density at radius 2 is 1.69 bits per heavy atom. The highest BCUT2D eigenvalue weighted by atomic mass is 16.5. The molecule has 5 aromatic rings. The molecule has 382 valence electrons. The molecule has 0 radical (unpaired) electrons. The van der Waals surface area contributed by atoms with Crippen LogP contribution in [0.15, 0.2) is 79.0 Å². The molecule has 2 aromatic heterocycles. The molecule has 11 atom stereocenters. The normalized spacial score (nSPS) is 34.0. The predicted molar refractivity (Wildman–Crippen MR) is 274 cm³/mol. The number of aliphatic hydroxyl groups is 3. The lowest BCUT2D eigenvalue weighted by atomic mass is 9.42. The summed E-state index contributed by atoms with van der Waals surface area (Å²) in [6.45, 7) is 10.8. The number of esters is 2. The van der Waals surface area contributed by atoms with Crippen molar-refractivity contribution >= 4 is 45.3 Å². The maximum absolute atomic E-state index is 15.9. The smallest absolute Gasteiger partial charge is 0.328 e. The number of aromatic amines is 2. The molecule has 15 nitrogen and oxygen atoms in total. The van der Waals surface area contributed by atoms with E-state index in [0.717, 1.165) is 44.2 Å². The Bertz CT molecular complexity index is 3020. The number of amides is 1. The topological polar surface area (TPSA) is 193 Å². The second-order valence-corrected chi connectivity index (χ2v) is 22.0. The number of anilines is 1. The lowest BCUT2D eigenvalue weighted by Gasteiger charge is -2.68. The minimum atomic E-state index is -2.57. The van der Waals surface area contributed by atoms with E-state index in [-0.39, 0.29) is 18.9 Å². The zero-order valence-electron chi connectivity index (χ0n) is 42.6. The van der Waals surface area contributed by atoms with Crippen LogP contribution in [0.5, 0.6) is 5.75 Å². The summed E-state index contributed by atoms with van der Waals surface area (Å²) in [7, 11) is 4.89. The third kappa shape index (κ3) is 6.36. The average molecular weight is 983 g/mol. The van der Waals surface area contributed by atoms with E-state index in [1.807, 2.05) is 99.6 Å². The minimum absolute atomic E-state index is 0.0637. The Morgan fingerprint density at radius 1 is 0.944 bits per heavy atom. The van der Waals surface area contributed by atoms with Crippen molar-refractivity contribution in [2.24, 2.45) is 11.3 Å². The fraction of sp³-hybridized carbons (Fsp3) is 0.526. The van der Waals surface area contributed by atoms with E-state index in [1.54, 1.807) is 14.0 Å². The van der Waals surface area contributed by atoms with Crippen LogP contribution in [0.3, 0.4) is 0 Å². The first kappa shape index (κ1) is 48.6. The van der Waals surface area contributed by atoms with Crippen LogP contribution < -0.4 is 15.0 Å². The lowest BCUT2D eigenvalue weighted by molar-refractivity contribution is -0.224. The molecule has 7 heterocycles. The number of piperidine rings is 1. The zero-order chi connectivity index (χ0) is 50.8. The Morgan fingerprint density at radius 3 is 2.42 bits per heavy atom. The van der Waals surface area contributed by atoms with Crippen LogP contribution in [0, 0.1) is 11.3 Å². The summed E-state index contributed by atoms with van der Waals surface area (Å²) in [6, 6.07) is 18.2. The molecule has 15 heteroatoms. The molecule has 1 spiro atoms. The van der Waals surface area contributed by atoms with Crippen molar-refractivity contribution < 1.29 is 43.9 Å². The van der Waals surface area contributed by atoms with E-state index in [0.29, 0.717) is 88.2 Å². The van der Waals surface area contributed by atoms with Gasteiger partial charge in [0.15, 0.2) is 5.60 Å². The molecule has 2 saturated heterocycles. The molecule has 2 bridgehead atoms. The fourth-order valence-corrected chi connectivity index (χ4v) is 15.7. The Kier molecular flexibility index (Phi) is 11.6. The van der Waals surface area contributed by atoms with Crippen molar-refractivity contribution in [3.8, 4) is 5.75 Å². The molecule has 6 N–H and O–H groups in total. The number of aromatic nitrogens is 2. The number of rotatable bonds is 11. The van der Waals surface area contributed by atoms with Gasteiger partial charge in [0.05, 0.1) is 32.0 Å². The number of methoxy groups -OCH3 is 2. The van der Waals surface area contributed by atoms with Crippen LogP contribution in [0.2, 0.25) is 0 Å². The fourth-order valence-electron chi connectivity index (χ4n) is 15.7. The minimum Gasteiger partial charge on any atom is -0.496 e. The number of ether oxygens (including phenoxy) is 3. The number of para-hydroxylation sites is 2. The van der Waals surface area contributed by atoms with E-state index in [2.05, 4.69) is 37.2 Å². The van der Waals surface area contributed by atoms with Crippen molar-refractivity contribution in [2.75, 3.05) is 65.5 Å². The van der Waals surface area contributed by atoms with Gasteiger partial charge in [-0.3, -0.25) is 19.4 Å². The molecule has 11 rings (SSSR count). The van der Waals surface area contributed by atoms with Crippen LogP contribution in [0.1, 0.15) is 87.7 Å². The average Bonchev–Trinajstić information content (AvgIpc) is 4.15. The molecular weight excluding hydrogens is 913 g/mol. The maximum atomic E-state index is 15.9. The molecule has 5 aliphatic heterocycles. The van der Waals surface area contributed by atoms with Gasteiger partial charge in [0.25, 0.3) is 5.91 Å². The predicted octanol–water partition coefficient (Wildman–Crippen LogP) is 5.41. The maximum Gasteiger partial charge on any atom is 0.328 e. The number of fused-ring (bicyclic) bond motifs is 7. The van der Waals surface area contributed by atoms with Crippen molar-refractivity contribution in [3.05, 3.63) is 107 Å². The van der Waals surface area contributed by atoms with Crippen LogP contribution >= 0.6 is 0 Å². The van der Waals surface area contributed by atoms with Crippen LogP contribution in [0.25, 0.3) is 21.8 Å². The van der Waals surface area contributed by atoms with Crippen LogP contribution in [0.4, 0.5) is 5.69 Å². The van der Waals surface area contributed by atoms with Crippen molar-refractivity contribution in [3.63, 3.8) is 0 Å². The van der Waals surface area contributed by atoms with Gasteiger partial charge >= 0.3 is 11.9 Å². The molecule has 6 aliphatic rings. The summed E-state index contributed by atoms with van der Waals surface area (Å²) in [5.41, 5.74) is -2.48. The monoisotopic (exact) mass is 983 g/mol. The number of H-pyrrole nitrogens is 2. The van der Waals surface area contributed by atoms with Crippen molar-refractivity contribution in [1.82, 2.24) is 25.1 Å². The molecule has 72 heavy (non-hydrogen) atoms. The Balaban J connectivity index is 1.14. The number of aliphatic hydroxyl groups excluding tert-OH is 1. The second kappa shape index (κ2) is 17.2. The first-order valence-electron chi connectivity index (χ1n) is 26.0. The number of carbonyl (C=O) groups excluding carboxylic acids is 3. The van der Waals surface area contributed by atoms with Crippen molar-refractivity contribution in [1.29, 1.82) is 0 Å². The number of nitrogens with zero attached hydrogens (tertiary/aromatic N) is 3. The molecule has 1 aliphatic carbocycles. The van der Waals surface area contributed by atoms with E-state index in [1.165, 1.54) is 7.11 Å². The number of carbonyl (C=O) groups is 3. The summed E-state index contributed by atoms with van der Waals surface area (Å²) >= 11 is 0. The summed E-state index contributed by atoms with van der Waals surface area (Å²) in [5.74, 6) is -1.74. The summed E-state index contributed by atoms with van der Waals surface area (Å²) in [6.07, 6.45) is 7.09. The van der Waals surface area contributed by atoms with E-state index in [9.17, 15) is 20.1 Å². The van der Waals surface area contributed by atoms with E-state index < -0.39 is 69.0 Å². The van der Waals surface area contributed by atoms with Gasteiger partial charge < -0.3 is 49.7 Å². The Hall–Kier alpha value is -5.71. The number of hydrogen-bond acceptors (Lipinski definition) is 12. The first-order valence-corrected chi connectivity index (χ1v) is 26.0. The third-order valence-corrected chi connectivity index (χ3v) is 19.1. The number of nitrogens with one attached hydrogen (secondary N) is 3. The summed E-state index contributed by atoms with van der Waals surface area (Å²) in [5, 5.41) is 44.5. The lowest BCUT2D eigenvalue weighted by Crippen LogP contribution is -2.87. The van der Waals surface area contributed by atoms with Gasteiger partial charge in [-0.2, -0.15) is 0 Å². The highest BCUT2D eigenvalue weighted by Crippen LogP contribution is 2.71. The molecule has 3 aromatic carbocycles. The summed E-state index contributed by atoms with van der Waals surface area (Å²) in [4.78, 5) is 59.3. The van der Waals surface area contributed by atoms with Gasteiger partial charge in [-0.15, -0.1) is 0 Å².